The van der Waals surface area contributed by atoms with E-state index in [0.29, 0.717) is 18.4 Å². The third kappa shape index (κ3) is 4.00. The van der Waals surface area contributed by atoms with Crippen molar-refractivity contribution in [1.82, 2.24) is 9.97 Å². The molecular weight excluding hydrogens is 210 g/mol. The van der Waals surface area contributed by atoms with Gasteiger partial charge in [0.1, 0.15) is 5.60 Å². The zero-order chi connectivity index (χ0) is 12.0. The van der Waals surface area contributed by atoms with Crippen LogP contribution in [0.1, 0.15) is 13.8 Å². The average Bonchev–Trinajstić information content (AvgIpc) is 2.28. The average molecular weight is 227 g/mol. The van der Waals surface area contributed by atoms with Gasteiger partial charge in [-0.15, -0.1) is 0 Å². The van der Waals surface area contributed by atoms with E-state index in [1.807, 2.05) is 6.92 Å². The van der Waals surface area contributed by atoms with Gasteiger partial charge in [0.15, 0.2) is 0 Å². The summed E-state index contributed by atoms with van der Waals surface area (Å²) in [6.07, 6.45) is 1.56. The van der Waals surface area contributed by atoms with Gasteiger partial charge in [0.25, 0.3) is 0 Å². The molecule has 1 rings (SSSR count). The Kier molecular flexibility index (Phi) is 4.45. The second kappa shape index (κ2) is 5.62. The summed E-state index contributed by atoms with van der Waals surface area (Å²) in [7, 11) is 0. The number of rotatable bonds is 6. The Morgan fingerprint density at radius 2 is 2.31 bits per heavy atom. The molecule has 1 heterocycles. The van der Waals surface area contributed by atoms with Crippen LogP contribution in [-0.4, -0.2) is 45.5 Å². The SMILES string of the molecule is CCOc1ccnc(NCC(C)(O)CO)n1. The summed E-state index contributed by atoms with van der Waals surface area (Å²) in [5, 5.41) is 21.2. The first kappa shape index (κ1) is 12.7. The van der Waals surface area contributed by atoms with Gasteiger partial charge >= 0.3 is 0 Å². The van der Waals surface area contributed by atoms with Crippen LogP contribution < -0.4 is 10.1 Å². The fraction of sp³-hybridized carbons (Fsp3) is 0.600. The topological polar surface area (TPSA) is 87.5 Å². The lowest BCUT2D eigenvalue weighted by Gasteiger charge is -2.20. The van der Waals surface area contributed by atoms with Gasteiger partial charge < -0.3 is 20.3 Å². The lowest BCUT2D eigenvalue weighted by atomic mass is 10.1. The van der Waals surface area contributed by atoms with Crippen molar-refractivity contribution in [3.05, 3.63) is 12.3 Å². The van der Waals surface area contributed by atoms with Crippen molar-refractivity contribution in [2.45, 2.75) is 19.4 Å². The zero-order valence-corrected chi connectivity index (χ0v) is 9.47. The molecule has 0 aliphatic heterocycles. The van der Waals surface area contributed by atoms with Crippen LogP contribution in [0.5, 0.6) is 5.88 Å². The summed E-state index contributed by atoms with van der Waals surface area (Å²) in [6, 6.07) is 1.65. The number of hydrogen-bond donors (Lipinski definition) is 3. The summed E-state index contributed by atoms with van der Waals surface area (Å²) in [5.41, 5.74) is -1.19. The number of ether oxygens (including phenoxy) is 1. The van der Waals surface area contributed by atoms with Crippen molar-refractivity contribution in [2.24, 2.45) is 0 Å². The summed E-state index contributed by atoms with van der Waals surface area (Å²) >= 11 is 0. The van der Waals surface area contributed by atoms with Gasteiger partial charge in [-0.25, -0.2) is 4.98 Å². The molecule has 1 aromatic rings. The molecule has 16 heavy (non-hydrogen) atoms. The first-order chi connectivity index (χ1) is 7.57. The molecule has 1 aromatic heterocycles. The van der Waals surface area contributed by atoms with Crippen LogP contribution in [0.3, 0.4) is 0 Å². The first-order valence-electron chi connectivity index (χ1n) is 5.10. The fourth-order valence-corrected chi connectivity index (χ4v) is 0.981. The Bertz CT molecular complexity index is 331. The predicted octanol–water partition coefficient (Wildman–Crippen LogP) is 0.0305. The van der Waals surface area contributed by atoms with Crippen LogP contribution in [0.15, 0.2) is 12.3 Å². The number of nitrogens with zero attached hydrogens (tertiary/aromatic N) is 2. The van der Waals surface area contributed by atoms with Crippen molar-refractivity contribution in [3.63, 3.8) is 0 Å². The minimum absolute atomic E-state index is 0.166. The summed E-state index contributed by atoms with van der Waals surface area (Å²) in [6.45, 7) is 3.76. The number of nitrogens with one attached hydrogen (secondary N) is 1. The molecule has 0 aliphatic rings. The van der Waals surface area contributed by atoms with Gasteiger partial charge in [-0.3, -0.25) is 0 Å². The van der Waals surface area contributed by atoms with Gasteiger partial charge in [-0.1, -0.05) is 0 Å². The molecule has 1 unspecified atom stereocenters. The molecule has 0 amide bonds. The summed E-state index contributed by atoms with van der Waals surface area (Å²) in [5.74, 6) is 0.836. The Balaban J connectivity index is 2.57. The minimum atomic E-state index is -1.19. The molecule has 6 heteroatoms. The van der Waals surface area contributed by atoms with E-state index >= 15 is 0 Å². The maximum atomic E-state index is 9.56. The highest BCUT2D eigenvalue weighted by Gasteiger charge is 2.18. The van der Waals surface area contributed by atoms with Crippen molar-refractivity contribution in [3.8, 4) is 5.88 Å². The molecule has 0 fully saturated rings. The quantitative estimate of drug-likeness (QED) is 0.635. The number of aliphatic hydroxyl groups excluding tert-OH is 1. The number of aliphatic hydroxyl groups is 2. The van der Waals surface area contributed by atoms with E-state index in [4.69, 9.17) is 9.84 Å². The van der Waals surface area contributed by atoms with Crippen LogP contribution in [-0.2, 0) is 0 Å². The molecular formula is C10H17N3O3. The van der Waals surface area contributed by atoms with E-state index in [-0.39, 0.29) is 13.2 Å². The fourth-order valence-electron chi connectivity index (χ4n) is 0.981. The highest BCUT2D eigenvalue weighted by atomic mass is 16.5. The number of aromatic nitrogens is 2. The largest absolute Gasteiger partial charge is 0.478 e. The zero-order valence-electron chi connectivity index (χ0n) is 9.47. The van der Waals surface area contributed by atoms with Crippen LogP contribution in [0.25, 0.3) is 0 Å². The van der Waals surface area contributed by atoms with Gasteiger partial charge in [-0.05, 0) is 13.8 Å². The second-order valence-electron chi connectivity index (χ2n) is 3.66. The van der Waals surface area contributed by atoms with Gasteiger partial charge in [0, 0.05) is 18.8 Å². The molecule has 0 saturated carbocycles. The van der Waals surface area contributed by atoms with Gasteiger partial charge in [-0.2, -0.15) is 4.98 Å². The van der Waals surface area contributed by atoms with E-state index in [1.54, 1.807) is 12.3 Å². The summed E-state index contributed by atoms with van der Waals surface area (Å²) in [4.78, 5) is 8.03. The van der Waals surface area contributed by atoms with Crippen molar-refractivity contribution >= 4 is 5.95 Å². The van der Waals surface area contributed by atoms with Crippen molar-refractivity contribution < 1.29 is 14.9 Å². The lowest BCUT2D eigenvalue weighted by Crippen LogP contribution is -2.37. The van der Waals surface area contributed by atoms with E-state index < -0.39 is 5.60 Å². The molecule has 3 N–H and O–H groups in total. The normalized spacial score (nSPS) is 14.2. The molecule has 0 bridgehead atoms. The van der Waals surface area contributed by atoms with Crippen LogP contribution in [0.4, 0.5) is 5.95 Å². The van der Waals surface area contributed by atoms with Crippen molar-refractivity contribution in [1.29, 1.82) is 0 Å². The highest BCUT2D eigenvalue weighted by Crippen LogP contribution is 2.09. The molecule has 0 radical (unpaired) electrons. The number of hydrogen-bond acceptors (Lipinski definition) is 6. The van der Waals surface area contributed by atoms with E-state index in [9.17, 15) is 5.11 Å². The third-order valence-electron chi connectivity index (χ3n) is 1.89. The maximum Gasteiger partial charge on any atom is 0.226 e. The Labute approximate surface area is 94.3 Å². The smallest absolute Gasteiger partial charge is 0.226 e. The monoisotopic (exact) mass is 227 g/mol. The molecule has 90 valence electrons. The Hall–Kier alpha value is -1.40. The van der Waals surface area contributed by atoms with Gasteiger partial charge in [0.05, 0.1) is 13.2 Å². The molecule has 1 atom stereocenters. The molecule has 0 spiro atoms. The molecule has 6 nitrogen and oxygen atoms in total. The standard InChI is InChI=1S/C10H17N3O3/c1-3-16-8-4-5-11-9(13-8)12-6-10(2,15)7-14/h4-5,14-15H,3,6-7H2,1-2H3,(H,11,12,13). The number of anilines is 1. The lowest BCUT2D eigenvalue weighted by molar-refractivity contribution is 0.0131. The minimum Gasteiger partial charge on any atom is -0.478 e. The van der Waals surface area contributed by atoms with Crippen molar-refractivity contribution in [2.75, 3.05) is 25.1 Å². The van der Waals surface area contributed by atoms with Crippen LogP contribution in [0, 0.1) is 0 Å². The van der Waals surface area contributed by atoms with Crippen LogP contribution >= 0.6 is 0 Å². The highest BCUT2D eigenvalue weighted by molar-refractivity contribution is 5.27. The van der Waals surface area contributed by atoms with E-state index in [1.165, 1.54) is 6.92 Å². The van der Waals surface area contributed by atoms with E-state index in [0.717, 1.165) is 0 Å². The van der Waals surface area contributed by atoms with E-state index in [2.05, 4.69) is 15.3 Å². The van der Waals surface area contributed by atoms with Crippen LogP contribution in [0.2, 0.25) is 0 Å². The third-order valence-corrected chi connectivity index (χ3v) is 1.89. The second-order valence-corrected chi connectivity index (χ2v) is 3.66. The maximum absolute atomic E-state index is 9.56. The molecule has 0 saturated heterocycles. The Morgan fingerprint density at radius 1 is 1.56 bits per heavy atom. The van der Waals surface area contributed by atoms with Gasteiger partial charge in [0.2, 0.25) is 11.8 Å². The Morgan fingerprint density at radius 3 is 2.94 bits per heavy atom. The molecule has 0 aliphatic carbocycles. The predicted molar refractivity (Wildman–Crippen MR) is 59.4 cm³/mol. The first-order valence-corrected chi connectivity index (χ1v) is 5.10. The summed E-state index contributed by atoms with van der Waals surface area (Å²) < 4.78 is 5.20. The molecule has 0 aromatic carbocycles.